The molecular weight excluding hydrogens is 206 g/mol. The number of rotatable bonds is 4. The third-order valence-corrected chi connectivity index (χ3v) is 2.20. The highest BCUT2D eigenvalue weighted by Gasteiger charge is 2.13. The molecule has 4 nitrogen and oxygen atoms in total. The van der Waals surface area contributed by atoms with Gasteiger partial charge in [0.05, 0.1) is 7.11 Å². The molecule has 4 heteroatoms. The monoisotopic (exact) mass is 221 g/mol. The number of hydrogen-bond acceptors (Lipinski definition) is 3. The molecule has 0 spiro atoms. The van der Waals surface area contributed by atoms with Crippen molar-refractivity contribution in [3.63, 3.8) is 0 Å². The maximum absolute atomic E-state index is 11.3. The number of Topliss-reactive ketones (excluding diaryl/α,β-unsaturated/α-hetero) is 1. The predicted molar refractivity (Wildman–Crippen MR) is 60.1 cm³/mol. The minimum absolute atomic E-state index is 0.398. The Morgan fingerprint density at radius 3 is 2.62 bits per heavy atom. The average Bonchev–Trinajstić information content (AvgIpc) is 2.28. The largest absolute Gasteiger partial charge is 0.497 e. The lowest BCUT2D eigenvalue weighted by Crippen LogP contribution is -2.31. The summed E-state index contributed by atoms with van der Waals surface area (Å²) < 4.78 is 5.07. The number of carbonyl (C=O) groups excluding carboxylic acids is 2. The van der Waals surface area contributed by atoms with Crippen LogP contribution in [0.1, 0.15) is 12.5 Å². The van der Waals surface area contributed by atoms with Crippen LogP contribution >= 0.6 is 0 Å². The Morgan fingerprint density at radius 1 is 1.38 bits per heavy atom. The minimum atomic E-state index is -0.484. The maximum atomic E-state index is 11.3. The van der Waals surface area contributed by atoms with Gasteiger partial charge in [-0.05, 0) is 17.7 Å². The fraction of sp³-hybridized carbons (Fsp3) is 0.333. The van der Waals surface area contributed by atoms with Crippen LogP contribution in [0, 0.1) is 0 Å². The SMILES string of the molecule is COc1cccc(CN(C)C(=O)C(C)=O)c1. The number of carbonyl (C=O) groups is 2. The number of nitrogens with zero attached hydrogens (tertiary/aromatic N) is 1. The molecule has 86 valence electrons. The number of likely N-dealkylation sites (N-methyl/N-ethyl adjacent to an activating group) is 1. The van der Waals surface area contributed by atoms with Crippen LogP contribution in [0.15, 0.2) is 24.3 Å². The molecule has 0 unspecified atom stereocenters. The summed E-state index contributed by atoms with van der Waals surface area (Å²) in [6.45, 7) is 1.67. The van der Waals surface area contributed by atoms with Crippen LogP contribution in [-0.2, 0) is 16.1 Å². The molecule has 0 bridgehead atoms. The summed E-state index contributed by atoms with van der Waals surface area (Å²) in [6.07, 6.45) is 0. The van der Waals surface area contributed by atoms with Crippen molar-refractivity contribution in [1.29, 1.82) is 0 Å². The normalized spacial score (nSPS) is 9.69. The molecule has 1 aromatic carbocycles. The summed E-state index contributed by atoms with van der Waals surface area (Å²) in [5.74, 6) is -0.200. The summed E-state index contributed by atoms with van der Waals surface area (Å²) >= 11 is 0. The van der Waals surface area contributed by atoms with E-state index in [-0.39, 0.29) is 0 Å². The quantitative estimate of drug-likeness (QED) is 0.719. The molecule has 0 fully saturated rings. The van der Waals surface area contributed by atoms with E-state index >= 15 is 0 Å². The molecule has 0 aliphatic rings. The van der Waals surface area contributed by atoms with Crippen LogP contribution in [0.5, 0.6) is 5.75 Å². The van der Waals surface area contributed by atoms with Crippen molar-refractivity contribution in [2.24, 2.45) is 0 Å². The van der Waals surface area contributed by atoms with E-state index in [0.29, 0.717) is 6.54 Å². The zero-order valence-corrected chi connectivity index (χ0v) is 9.69. The van der Waals surface area contributed by atoms with E-state index in [1.54, 1.807) is 14.2 Å². The van der Waals surface area contributed by atoms with Crippen molar-refractivity contribution < 1.29 is 14.3 Å². The fourth-order valence-corrected chi connectivity index (χ4v) is 1.39. The third kappa shape index (κ3) is 3.08. The molecular formula is C12H15NO3. The van der Waals surface area contributed by atoms with Crippen LogP contribution in [0.4, 0.5) is 0 Å². The number of hydrogen-bond donors (Lipinski definition) is 0. The lowest BCUT2D eigenvalue weighted by Gasteiger charge is -2.15. The number of ketones is 1. The first-order chi connectivity index (χ1) is 7.54. The first kappa shape index (κ1) is 12.2. The molecule has 0 heterocycles. The van der Waals surface area contributed by atoms with E-state index in [4.69, 9.17) is 4.74 Å². The van der Waals surface area contributed by atoms with Gasteiger partial charge in [-0.3, -0.25) is 9.59 Å². The molecule has 0 atom stereocenters. The van der Waals surface area contributed by atoms with Gasteiger partial charge in [-0.15, -0.1) is 0 Å². The van der Waals surface area contributed by atoms with Crippen molar-refractivity contribution in [1.82, 2.24) is 4.90 Å². The average molecular weight is 221 g/mol. The highest BCUT2D eigenvalue weighted by Crippen LogP contribution is 2.13. The van der Waals surface area contributed by atoms with E-state index in [1.165, 1.54) is 11.8 Å². The lowest BCUT2D eigenvalue weighted by atomic mass is 10.2. The van der Waals surface area contributed by atoms with E-state index in [1.807, 2.05) is 24.3 Å². The molecule has 0 aliphatic carbocycles. The Bertz CT molecular complexity index is 401. The van der Waals surface area contributed by atoms with Crippen LogP contribution in [0.25, 0.3) is 0 Å². The highest BCUT2D eigenvalue weighted by molar-refractivity contribution is 6.34. The molecule has 0 saturated carbocycles. The van der Waals surface area contributed by atoms with Crippen LogP contribution in [0.2, 0.25) is 0 Å². The van der Waals surface area contributed by atoms with Crippen molar-refractivity contribution >= 4 is 11.7 Å². The second-order valence-corrected chi connectivity index (χ2v) is 3.57. The van der Waals surface area contributed by atoms with Gasteiger partial charge in [0.25, 0.3) is 5.91 Å². The van der Waals surface area contributed by atoms with E-state index in [0.717, 1.165) is 11.3 Å². The Morgan fingerprint density at radius 2 is 2.06 bits per heavy atom. The van der Waals surface area contributed by atoms with Crippen molar-refractivity contribution in [2.45, 2.75) is 13.5 Å². The lowest BCUT2D eigenvalue weighted by molar-refractivity contribution is -0.143. The van der Waals surface area contributed by atoms with Gasteiger partial charge < -0.3 is 9.64 Å². The number of methoxy groups -OCH3 is 1. The minimum Gasteiger partial charge on any atom is -0.497 e. The highest BCUT2D eigenvalue weighted by atomic mass is 16.5. The van der Waals surface area contributed by atoms with Gasteiger partial charge in [0, 0.05) is 20.5 Å². The standard InChI is InChI=1S/C12H15NO3/c1-9(14)12(15)13(2)8-10-5-4-6-11(7-10)16-3/h4-7H,8H2,1-3H3. The zero-order chi connectivity index (χ0) is 12.1. The number of amides is 1. The molecule has 0 saturated heterocycles. The van der Waals surface area contributed by atoms with Gasteiger partial charge >= 0.3 is 0 Å². The second-order valence-electron chi connectivity index (χ2n) is 3.57. The van der Waals surface area contributed by atoms with Crippen LogP contribution in [0.3, 0.4) is 0 Å². The summed E-state index contributed by atoms with van der Waals surface area (Å²) in [4.78, 5) is 23.6. The van der Waals surface area contributed by atoms with Gasteiger partial charge in [0.15, 0.2) is 0 Å². The van der Waals surface area contributed by atoms with Crippen LogP contribution in [-0.4, -0.2) is 30.7 Å². The molecule has 1 aromatic rings. The maximum Gasteiger partial charge on any atom is 0.289 e. The van der Waals surface area contributed by atoms with Gasteiger partial charge in [-0.2, -0.15) is 0 Å². The van der Waals surface area contributed by atoms with Crippen LogP contribution < -0.4 is 4.74 Å². The van der Waals surface area contributed by atoms with Gasteiger partial charge in [-0.25, -0.2) is 0 Å². The molecule has 0 radical (unpaired) electrons. The topological polar surface area (TPSA) is 46.6 Å². The number of benzene rings is 1. The van der Waals surface area contributed by atoms with E-state index in [2.05, 4.69) is 0 Å². The van der Waals surface area contributed by atoms with E-state index < -0.39 is 11.7 Å². The predicted octanol–water partition coefficient (Wildman–Crippen LogP) is 1.24. The van der Waals surface area contributed by atoms with Gasteiger partial charge in [-0.1, -0.05) is 12.1 Å². The summed E-state index contributed by atoms with van der Waals surface area (Å²) in [5.41, 5.74) is 0.927. The Labute approximate surface area is 94.8 Å². The zero-order valence-electron chi connectivity index (χ0n) is 9.69. The van der Waals surface area contributed by atoms with Gasteiger partial charge in [0.2, 0.25) is 5.78 Å². The fourth-order valence-electron chi connectivity index (χ4n) is 1.39. The molecule has 1 rings (SSSR count). The Balaban J connectivity index is 2.72. The molecule has 0 aliphatic heterocycles. The Hall–Kier alpha value is -1.84. The number of ether oxygens (including phenoxy) is 1. The molecule has 0 N–H and O–H groups in total. The summed E-state index contributed by atoms with van der Waals surface area (Å²) in [5, 5.41) is 0. The van der Waals surface area contributed by atoms with E-state index in [9.17, 15) is 9.59 Å². The Kier molecular flexibility index (Phi) is 4.05. The third-order valence-electron chi connectivity index (χ3n) is 2.20. The first-order valence-corrected chi connectivity index (χ1v) is 4.93. The summed E-state index contributed by atoms with van der Waals surface area (Å²) in [6, 6.07) is 7.40. The first-order valence-electron chi connectivity index (χ1n) is 4.93. The second kappa shape index (κ2) is 5.30. The summed E-state index contributed by atoms with van der Waals surface area (Å²) in [7, 11) is 3.19. The van der Waals surface area contributed by atoms with Crippen molar-refractivity contribution in [3.8, 4) is 5.75 Å². The molecule has 16 heavy (non-hydrogen) atoms. The smallest absolute Gasteiger partial charge is 0.289 e. The van der Waals surface area contributed by atoms with Crippen molar-refractivity contribution in [2.75, 3.05) is 14.2 Å². The van der Waals surface area contributed by atoms with Gasteiger partial charge in [0.1, 0.15) is 5.75 Å². The molecule has 0 aromatic heterocycles. The molecule has 1 amide bonds. The van der Waals surface area contributed by atoms with Crippen molar-refractivity contribution in [3.05, 3.63) is 29.8 Å².